The van der Waals surface area contributed by atoms with E-state index in [0.717, 1.165) is 5.39 Å². The third kappa shape index (κ3) is 6.02. The van der Waals surface area contributed by atoms with Gasteiger partial charge < -0.3 is 19.2 Å². The minimum Gasteiger partial charge on any atom is -0.490 e. The zero-order chi connectivity index (χ0) is 30.6. The quantitative estimate of drug-likeness (QED) is 0.178. The molecule has 0 fully saturated rings. The summed E-state index contributed by atoms with van der Waals surface area (Å²) in [5, 5.41) is 8.66. The molecule has 6 rings (SSSR count). The van der Waals surface area contributed by atoms with Crippen molar-refractivity contribution in [2.75, 3.05) is 18.5 Å². The number of benzene rings is 4. The lowest BCUT2D eigenvalue weighted by Crippen LogP contribution is -2.21. The van der Waals surface area contributed by atoms with Gasteiger partial charge >= 0.3 is 0 Å². The number of halogens is 2. The minimum atomic E-state index is -0.548. The first-order chi connectivity index (χ1) is 21.4. The molecule has 0 spiro atoms. The molecule has 4 aromatic carbocycles. The maximum atomic E-state index is 13.9. The number of rotatable bonds is 9. The minimum absolute atomic E-state index is 0.0573. The Morgan fingerprint density at radius 3 is 2.68 bits per heavy atom. The fourth-order valence-electron chi connectivity index (χ4n) is 4.52. The van der Waals surface area contributed by atoms with Crippen LogP contribution in [0.1, 0.15) is 12.5 Å². The summed E-state index contributed by atoms with van der Waals surface area (Å²) in [5.41, 5.74) is 1.34. The van der Waals surface area contributed by atoms with E-state index in [1.54, 1.807) is 72.8 Å². The summed E-state index contributed by atoms with van der Waals surface area (Å²) in [6.07, 6.45) is 1.48. The number of anilines is 1. The van der Waals surface area contributed by atoms with E-state index in [-0.39, 0.29) is 23.7 Å². The molecule has 0 unspecified atom stereocenters. The Kier molecular flexibility index (Phi) is 8.07. The van der Waals surface area contributed by atoms with Crippen LogP contribution in [0.4, 0.5) is 10.1 Å². The van der Waals surface area contributed by atoms with Gasteiger partial charge in [0.05, 0.1) is 29.4 Å². The molecule has 6 aromatic rings. The van der Waals surface area contributed by atoms with E-state index in [0.29, 0.717) is 50.9 Å². The summed E-state index contributed by atoms with van der Waals surface area (Å²) >= 11 is 6.16. The maximum absolute atomic E-state index is 13.9. The van der Waals surface area contributed by atoms with Crippen molar-refractivity contribution < 1.29 is 23.1 Å². The van der Waals surface area contributed by atoms with Gasteiger partial charge in [0.2, 0.25) is 5.82 Å². The highest BCUT2D eigenvalue weighted by Gasteiger charge is 2.17. The largest absolute Gasteiger partial charge is 0.490 e. The van der Waals surface area contributed by atoms with Crippen LogP contribution in [-0.4, -0.2) is 35.0 Å². The smallest absolute Gasteiger partial charge is 0.282 e. The van der Waals surface area contributed by atoms with Crippen LogP contribution in [0.3, 0.4) is 0 Å². The van der Waals surface area contributed by atoms with Gasteiger partial charge in [0, 0.05) is 10.4 Å². The molecule has 2 heterocycles. The Bertz CT molecular complexity index is 2110. The fourth-order valence-corrected chi connectivity index (χ4v) is 4.70. The fraction of sp³-hybridized carbons (Fsp3) is 0.0909. The molecule has 0 saturated heterocycles. The molecule has 2 aromatic heterocycles. The van der Waals surface area contributed by atoms with Crippen molar-refractivity contribution >= 4 is 51.3 Å². The van der Waals surface area contributed by atoms with Crippen LogP contribution in [0.15, 0.2) is 105 Å². The van der Waals surface area contributed by atoms with E-state index in [4.69, 9.17) is 25.5 Å². The van der Waals surface area contributed by atoms with Crippen LogP contribution in [0.25, 0.3) is 33.5 Å². The van der Waals surface area contributed by atoms with Crippen molar-refractivity contribution in [2.24, 2.45) is 5.10 Å². The number of nitrogens with zero attached hydrogens (tertiary/aromatic N) is 3. The Labute approximate surface area is 255 Å². The van der Waals surface area contributed by atoms with Crippen molar-refractivity contribution in [1.29, 1.82) is 0 Å². The second-order valence-corrected chi connectivity index (χ2v) is 10.00. The van der Waals surface area contributed by atoms with E-state index in [9.17, 15) is 14.0 Å². The molecule has 0 aliphatic heterocycles. The molecule has 1 amide bonds. The van der Waals surface area contributed by atoms with Crippen molar-refractivity contribution in [3.05, 3.63) is 118 Å². The summed E-state index contributed by atoms with van der Waals surface area (Å²) in [6, 6.07) is 24.8. The average Bonchev–Trinajstić information content (AvgIpc) is 3.44. The molecule has 0 bridgehead atoms. The van der Waals surface area contributed by atoms with Crippen LogP contribution >= 0.6 is 11.6 Å². The van der Waals surface area contributed by atoms with Crippen LogP contribution in [0.5, 0.6) is 11.5 Å². The zero-order valence-corrected chi connectivity index (χ0v) is 24.0. The summed E-state index contributed by atoms with van der Waals surface area (Å²) < 4.78 is 32.5. The highest BCUT2D eigenvalue weighted by atomic mass is 35.5. The molecule has 0 saturated carbocycles. The third-order valence-corrected chi connectivity index (χ3v) is 6.78. The molecule has 11 heteroatoms. The number of hydrogen-bond donors (Lipinski definition) is 1. The third-order valence-electron chi connectivity index (χ3n) is 6.55. The molecule has 9 nitrogen and oxygen atoms in total. The standard InChI is InChI=1S/C33H24ClFN4O5/c1-2-42-29-15-20(11-13-28(29)43-19-31(40)37-26-10-6-4-8-24(26)35)18-36-39-32(38-25-9-5-3-7-23(25)33(39)41)30-17-21-16-22(34)12-14-27(21)44-30/h3-18H,2,19H2,1H3,(H,37,40). The first-order valence-electron chi connectivity index (χ1n) is 13.6. The SMILES string of the molecule is CCOc1cc(C=Nn2c(-c3cc4cc(Cl)ccc4o3)nc3ccccc3c2=O)ccc1OCC(=O)Nc1ccccc1F. The van der Waals surface area contributed by atoms with Crippen molar-refractivity contribution in [3.63, 3.8) is 0 Å². The summed E-state index contributed by atoms with van der Waals surface area (Å²) in [4.78, 5) is 30.6. The predicted molar refractivity (Wildman–Crippen MR) is 167 cm³/mol. The number of furan rings is 1. The van der Waals surface area contributed by atoms with E-state index < -0.39 is 11.7 Å². The number of fused-ring (bicyclic) bond motifs is 2. The molecular weight excluding hydrogens is 587 g/mol. The summed E-state index contributed by atoms with van der Waals surface area (Å²) in [6.45, 7) is 1.77. The number of amides is 1. The van der Waals surface area contributed by atoms with Crippen molar-refractivity contribution in [3.8, 4) is 23.1 Å². The molecule has 1 N–H and O–H groups in total. The molecular formula is C33H24ClFN4O5. The van der Waals surface area contributed by atoms with E-state index in [1.165, 1.54) is 29.1 Å². The van der Waals surface area contributed by atoms with Gasteiger partial charge in [0.1, 0.15) is 11.4 Å². The summed E-state index contributed by atoms with van der Waals surface area (Å²) in [5.74, 6) is 0.130. The molecule has 0 radical (unpaired) electrons. The molecule has 0 aliphatic rings. The lowest BCUT2D eigenvalue weighted by molar-refractivity contribution is -0.118. The van der Waals surface area contributed by atoms with E-state index in [1.807, 2.05) is 6.92 Å². The van der Waals surface area contributed by atoms with Crippen molar-refractivity contribution in [2.45, 2.75) is 6.92 Å². The second-order valence-electron chi connectivity index (χ2n) is 9.56. The number of hydrogen-bond acceptors (Lipinski definition) is 7. The highest BCUT2D eigenvalue weighted by molar-refractivity contribution is 6.31. The number of nitrogens with one attached hydrogen (secondary N) is 1. The highest BCUT2D eigenvalue weighted by Crippen LogP contribution is 2.30. The number of carbonyl (C=O) groups excluding carboxylic acids is 1. The molecule has 220 valence electrons. The topological polar surface area (TPSA) is 108 Å². The van der Waals surface area contributed by atoms with Crippen LogP contribution in [0.2, 0.25) is 5.02 Å². The van der Waals surface area contributed by atoms with Gasteiger partial charge in [-0.25, -0.2) is 9.37 Å². The van der Waals surface area contributed by atoms with Crippen molar-refractivity contribution in [1.82, 2.24) is 9.66 Å². The first kappa shape index (κ1) is 28.6. The number of ether oxygens (including phenoxy) is 2. The predicted octanol–water partition coefficient (Wildman–Crippen LogP) is 6.90. The van der Waals surface area contributed by atoms with E-state index >= 15 is 0 Å². The molecule has 0 atom stereocenters. The lowest BCUT2D eigenvalue weighted by atomic mass is 10.2. The number of aromatic nitrogens is 2. The van der Waals surface area contributed by atoms with Gasteiger partial charge in [-0.3, -0.25) is 9.59 Å². The van der Waals surface area contributed by atoms with Gasteiger partial charge in [-0.15, -0.1) is 0 Å². The maximum Gasteiger partial charge on any atom is 0.282 e. The van der Waals surface area contributed by atoms with Gasteiger partial charge in [0.25, 0.3) is 11.5 Å². The van der Waals surface area contributed by atoms with E-state index in [2.05, 4.69) is 15.4 Å². The zero-order valence-electron chi connectivity index (χ0n) is 23.3. The Morgan fingerprint density at radius 2 is 1.84 bits per heavy atom. The van der Waals surface area contributed by atoms with Crippen LogP contribution < -0.4 is 20.3 Å². The Balaban J connectivity index is 1.30. The number of para-hydroxylation sites is 2. The van der Waals surface area contributed by atoms with Gasteiger partial charge in [-0.05, 0) is 79.2 Å². The van der Waals surface area contributed by atoms with Gasteiger partial charge in [-0.1, -0.05) is 35.9 Å². The summed E-state index contributed by atoms with van der Waals surface area (Å²) in [7, 11) is 0. The van der Waals surface area contributed by atoms with Gasteiger partial charge in [0.15, 0.2) is 23.9 Å². The van der Waals surface area contributed by atoms with Crippen LogP contribution in [-0.2, 0) is 4.79 Å². The van der Waals surface area contributed by atoms with Crippen LogP contribution in [0, 0.1) is 5.82 Å². The normalized spacial score (nSPS) is 11.3. The molecule has 0 aliphatic carbocycles. The monoisotopic (exact) mass is 610 g/mol. The first-order valence-corrected chi connectivity index (χ1v) is 14.0. The lowest BCUT2D eigenvalue weighted by Gasteiger charge is -2.13. The average molecular weight is 611 g/mol. The Morgan fingerprint density at radius 1 is 1.02 bits per heavy atom. The second kappa shape index (κ2) is 12.4. The number of carbonyl (C=O) groups is 1. The molecule has 44 heavy (non-hydrogen) atoms. The Hall–Kier alpha value is -5.48. The van der Waals surface area contributed by atoms with Gasteiger partial charge in [-0.2, -0.15) is 9.78 Å².